The number of nitrogens with zero attached hydrogens (tertiary/aromatic N) is 1. The number of fused-ring (bicyclic) bond motifs is 1. The Morgan fingerprint density at radius 2 is 2.29 bits per heavy atom. The summed E-state index contributed by atoms with van der Waals surface area (Å²) in [5.41, 5.74) is 7.94. The van der Waals surface area contributed by atoms with Gasteiger partial charge in [-0.05, 0) is 25.5 Å². The van der Waals surface area contributed by atoms with Crippen LogP contribution in [0.4, 0.5) is 5.69 Å². The Morgan fingerprint density at radius 1 is 1.47 bits per heavy atom. The molecule has 1 heterocycles. The summed E-state index contributed by atoms with van der Waals surface area (Å²) < 4.78 is 6.20. The Hall–Kier alpha value is -0.780. The lowest BCUT2D eigenvalue weighted by atomic mass is 10.3. The minimum Gasteiger partial charge on any atom is -0.398 e. The molecule has 1 aromatic heterocycles. The molecule has 0 saturated heterocycles. The third-order valence-electron chi connectivity index (χ3n) is 2.38. The fraction of sp³-hybridized carbons (Fsp3) is 0.417. The van der Waals surface area contributed by atoms with Gasteiger partial charge in [0.2, 0.25) is 0 Å². The maximum absolute atomic E-state index is 6.04. The number of thioether (sulfide) groups is 1. The zero-order chi connectivity index (χ0) is 12.3. The summed E-state index contributed by atoms with van der Waals surface area (Å²) in [7, 11) is 1.73. The molecule has 0 aliphatic rings. The number of rotatable bonds is 5. The van der Waals surface area contributed by atoms with Gasteiger partial charge in [-0.25, -0.2) is 4.98 Å². The molecule has 92 valence electrons. The fourth-order valence-electron chi connectivity index (χ4n) is 1.60. The molecule has 17 heavy (non-hydrogen) atoms. The van der Waals surface area contributed by atoms with E-state index in [1.807, 2.05) is 13.0 Å². The Balaban J connectivity index is 2.13. The minimum absolute atomic E-state index is 0.797. The van der Waals surface area contributed by atoms with E-state index in [9.17, 15) is 0 Å². The number of hydrogen-bond donors (Lipinski definition) is 1. The zero-order valence-corrected chi connectivity index (χ0v) is 11.7. The minimum atomic E-state index is 0.797. The molecule has 0 unspecified atom stereocenters. The van der Waals surface area contributed by atoms with Gasteiger partial charge in [0.05, 0.1) is 15.2 Å². The number of nitrogens with two attached hydrogens (primary N) is 1. The molecule has 1 aromatic carbocycles. The summed E-state index contributed by atoms with van der Waals surface area (Å²) >= 11 is 3.46. The van der Waals surface area contributed by atoms with Crippen LogP contribution in [0.5, 0.6) is 0 Å². The van der Waals surface area contributed by atoms with Crippen LogP contribution < -0.4 is 5.73 Å². The SMILES string of the molecule is COCCCSc1cc2nc(C)sc2cc1N. The van der Waals surface area contributed by atoms with Crippen LogP contribution in [0.25, 0.3) is 10.2 Å². The van der Waals surface area contributed by atoms with Crippen LogP contribution in [-0.2, 0) is 4.74 Å². The lowest BCUT2D eigenvalue weighted by Gasteiger charge is -2.05. The van der Waals surface area contributed by atoms with E-state index in [0.29, 0.717) is 0 Å². The van der Waals surface area contributed by atoms with Crippen molar-refractivity contribution in [3.05, 3.63) is 17.1 Å². The van der Waals surface area contributed by atoms with E-state index in [1.54, 1.807) is 30.2 Å². The summed E-state index contributed by atoms with van der Waals surface area (Å²) in [5, 5.41) is 1.08. The molecule has 0 fully saturated rings. The molecule has 3 nitrogen and oxygen atoms in total. The van der Waals surface area contributed by atoms with Gasteiger partial charge in [-0.15, -0.1) is 23.1 Å². The van der Waals surface area contributed by atoms with E-state index < -0.39 is 0 Å². The first-order chi connectivity index (χ1) is 8.20. The molecule has 0 amide bonds. The first kappa shape index (κ1) is 12.7. The van der Waals surface area contributed by atoms with E-state index in [0.717, 1.165) is 39.9 Å². The van der Waals surface area contributed by atoms with Crippen LogP contribution in [0.3, 0.4) is 0 Å². The smallest absolute Gasteiger partial charge is 0.0907 e. The Bertz CT molecular complexity index is 510. The van der Waals surface area contributed by atoms with Crippen molar-refractivity contribution in [1.82, 2.24) is 4.98 Å². The average Bonchev–Trinajstić information content (AvgIpc) is 2.63. The molecule has 0 aliphatic heterocycles. The number of aromatic nitrogens is 1. The van der Waals surface area contributed by atoms with Crippen molar-refractivity contribution < 1.29 is 4.74 Å². The largest absolute Gasteiger partial charge is 0.398 e. The molecular formula is C12H16N2OS2. The summed E-state index contributed by atoms with van der Waals surface area (Å²) in [4.78, 5) is 5.61. The molecule has 0 aliphatic carbocycles. The Kier molecular flexibility index (Phi) is 4.25. The van der Waals surface area contributed by atoms with Gasteiger partial charge in [0.25, 0.3) is 0 Å². The van der Waals surface area contributed by atoms with Gasteiger partial charge in [-0.2, -0.15) is 0 Å². The second kappa shape index (κ2) is 5.71. The molecule has 2 rings (SSSR count). The number of nitrogen functional groups attached to an aromatic ring is 1. The number of benzene rings is 1. The van der Waals surface area contributed by atoms with Crippen LogP contribution in [0.1, 0.15) is 11.4 Å². The van der Waals surface area contributed by atoms with Crippen molar-refractivity contribution >= 4 is 39.0 Å². The van der Waals surface area contributed by atoms with Crippen molar-refractivity contribution in [2.45, 2.75) is 18.2 Å². The average molecular weight is 268 g/mol. The number of thiazole rings is 1. The quantitative estimate of drug-likeness (QED) is 0.513. The van der Waals surface area contributed by atoms with Gasteiger partial charge in [0, 0.05) is 30.1 Å². The van der Waals surface area contributed by atoms with Crippen LogP contribution in [0.15, 0.2) is 17.0 Å². The van der Waals surface area contributed by atoms with Crippen LogP contribution in [0.2, 0.25) is 0 Å². The van der Waals surface area contributed by atoms with Crippen LogP contribution in [-0.4, -0.2) is 24.5 Å². The van der Waals surface area contributed by atoms with E-state index in [2.05, 4.69) is 11.1 Å². The number of ether oxygens (including phenoxy) is 1. The maximum atomic E-state index is 6.04. The van der Waals surface area contributed by atoms with Gasteiger partial charge < -0.3 is 10.5 Å². The highest BCUT2D eigenvalue weighted by atomic mass is 32.2. The van der Waals surface area contributed by atoms with Crippen molar-refractivity contribution in [2.24, 2.45) is 0 Å². The lowest BCUT2D eigenvalue weighted by Crippen LogP contribution is -1.92. The van der Waals surface area contributed by atoms with Crippen molar-refractivity contribution in [1.29, 1.82) is 0 Å². The van der Waals surface area contributed by atoms with E-state index in [1.165, 1.54) is 4.70 Å². The highest BCUT2D eigenvalue weighted by Gasteiger charge is 2.06. The molecule has 0 radical (unpaired) electrons. The van der Waals surface area contributed by atoms with Gasteiger partial charge >= 0.3 is 0 Å². The molecule has 5 heteroatoms. The predicted molar refractivity (Wildman–Crippen MR) is 76.0 cm³/mol. The van der Waals surface area contributed by atoms with Gasteiger partial charge in [-0.1, -0.05) is 0 Å². The first-order valence-electron chi connectivity index (χ1n) is 5.49. The van der Waals surface area contributed by atoms with E-state index in [4.69, 9.17) is 10.5 Å². The second-order valence-electron chi connectivity index (χ2n) is 3.79. The topological polar surface area (TPSA) is 48.1 Å². The number of hydrogen-bond acceptors (Lipinski definition) is 5. The standard InChI is InChI=1S/C12H16N2OS2/c1-8-14-10-7-11(16-5-3-4-15-2)9(13)6-12(10)17-8/h6-7H,3-5,13H2,1-2H3. The normalized spacial score (nSPS) is 11.2. The molecule has 0 atom stereocenters. The van der Waals surface area contributed by atoms with Crippen LogP contribution >= 0.6 is 23.1 Å². The lowest BCUT2D eigenvalue weighted by molar-refractivity contribution is 0.200. The monoisotopic (exact) mass is 268 g/mol. The van der Waals surface area contributed by atoms with Crippen molar-refractivity contribution in [2.75, 3.05) is 25.2 Å². The molecule has 0 saturated carbocycles. The highest BCUT2D eigenvalue weighted by Crippen LogP contribution is 2.32. The van der Waals surface area contributed by atoms with Gasteiger partial charge in [0.15, 0.2) is 0 Å². The first-order valence-corrected chi connectivity index (χ1v) is 7.29. The Labute approximate surface area is 109 Å². The second-order valence-corrected chi connectivity index (χ2v) is 6.16. The molecule has 0 spiro atoms. The zero-order valence-electron chi connectivity index (χ0n) is 10.0. The maximum Gasteiger partial charge on any atom is 0.0907 e. The fourth-order valence-corrected chi connectivity index (χ4v) is 3.36. The van der Waals surface area contributed by atoms with Crippen LogP contribution in [0, 0.1) is 6.92 Å². The van der Waals surface area contributed by atoms with Crippen molar-refractivity contribution in [3.8, 4) is 0 Å². The Morgan fingerprint density at radius 3 is 3.06 bits per heavy atom. The summed E-state index contributed by atoms with van der Waals surface area (Å²) in [6, 6.07) is 4.12. The molecule has 2 N–H and O–H groups in total. The van der Waals surface area contributed by atoms with E-state index in [-0.39, 0.29) is 0 Å². The third-order valence-corrected chi connectivity index (χ3v) is 4.47. The highest BCUT2D eigenvalue weighted by molar-refractivity contribution is 7.99. The molecule has 0 bridgehead atoms. The van der Waals surface area contributed by atoms with Crippen molar-refractivity contribution in [3.63, 3.8) is 0 Å². The van der Waals surface area contributed by atoms with E-state index >= 15 is 0 Å². The molecule has 2 aromatic rings. The number of methoxy groups -OCH3 is 1. The summed E-state index contributed by atoms with van der Waals surface area (Å²) in [6.07, 6.45) is 1.04. The van der Waals surface area contributed by atoms with Gasteiger partial charge in [0.1, 0.15) is 0 Å². The number of aryl methyl sites for hydroxylation is 1. The van der Waals surface area contributed by atoms with Gasteiger partial charge in [-0.3, -0.25) is 0 Å². The summed E-state index contributed by atoms with van der Waals surface area (Å²) in [5.74, 6) is 1.02. The third kappa shape index (κ3) is 3.12. The predicted octanol–water partition coefficient (Wildman–Crippen LogP) is 3.32. The molecular weight excluding hydrogens is 252 g/mol. The number of anilines is 1. The summed E-state index contributed by atoms with van der Waals surface area (Å²) in [6.45, 7) is 2.82.